The van der Waals surface area contributed by atoms with Crippen LogP contribution in [0.5, 0.6) is 0 Å². The molecule has 3 aromatic rings. The van der Waals surface area contributed by atoms with E-state index in [0.29, 0.717) is 31.9 Å². The highest BCUT2D eigenvalue weighted by molar-refractivity contribution is 6.43. The van der Waals surface area contributed by atoms with Crippen LogP contribution >= 0.6 is 0 Å². The Bertz CT molecular complexity index is 1180. The van der Waals surface area contributed by atoms with Crippen molar-refractivity contribution < 1.29 is 22.8 Å². The van der Waals surface area contributed by atoms with Crippen molar-refractivity contribution in [1.29, 1.82) is 0 Å². The minimum absolute atomic E-state index is 0.115. The van der Waals surface area contributed by atoms with Crippen LogP contribution in [0.25, 0.3) is 5.69 Å². The summed E-state index contributed by atoms with van der Waals surface area (Å²) in [5.74, 6) is -0.551. The van der Waals surface area contributed by atoms with Gasteiger partial charge in [0, 0.05) is 32.4 Å². The van der Waals surface area contributed by atoms with E-state index in [2.05, 4.69) is 10.1 Å². The molecule has 0 N–H and O–H groups in total. The van der Waals surface area contributed by atoms with Gasteiger partial charge in [-0.1, -0.05) is 12.1 Å². The monoisotopic (exact) mass is 457 g/mol. The summed E-state index contributed by atoms with van der Waals surface area (Å²) in [6.07, 6.45) is -2.80. The van der Waals surface area contributed by atoms with Gasteiger partial charge in [0.25, 0.3) is 11.7 Å². The highest BCUT2D eigenvalue weighted by atomic mass is 19.4. The van der Waals surface area contributed by atoms with E-state index < -0.39 is 23.4 Å². The largest absolute Gasteiger partial charge is 0.416 e. The molecule has 1 aliphatic rings. The van der Waals surface area contributed by atoms with Gasteiger partial charge in [0.05, 0.1) is 28.2 Å². The first-order valence-electron chi connectivity index (χ1n) is 10.4. The first-order valence-corrected chi connectivity index (χ1v) is 10.4. The fraction of sp³-hybridized carbons (Fsp3) is 0.304. The van der Waals surface area contributed by atoms with Gasteiger partial charge in [-0.05, 0) is 44.2 Å². The molecule has 0 atom stereocenters. The first kappa shape index (κ1) is 22.5. The van der Waals surface area contributed by atoms with Gasteiger partial charge in [0.2, 0.25) is 0 Å². The number of piperazine rings is 1. The SMILES string of the molecule is Cc1nn(-c2cccc(C(F)(F)F)c2)c(C)c1C(=O)C(=O)N1CCN(c2ccccn2)CC1. The smallest absolute Gasteiger partial charge is 0.353 e. The van der Waals surface area contributed by atoms with E-state index in [1.165, 1.54) is 21.7 Å². The summed E-state index contributed by atoms with van der Waals surface area (Å²) < 4.78 is 40.6. The number of amides is 1. The van der Waals surface area contributed by atoms with Crippen molar-refractivity contribution in [2.24, 2.45) is 0 Å². The molecular formula is C23H22F3N5O2. The van der Waals surface area contributed by atoms with Crippen LogP contribution in [0, 0.1) is 13.8 Å². The predicted octanol–water partition coefficient (Wildman–Crippen LogP) is 3.43. The second-order valence-corrected chi connectivity index (χ2v) is 7.80. The van der Waals surface area contributed by atoms with Crippen molar-refractivity contribution in [2.75, 3.05) is 31.1 Å². The molecule has 1 saturated heterocycles. The van der Waals surface area contributed by atoms with Crippen LogP contribution in [-0.2, 0) is 11.0 Å². The number of aryl methyl sites for hydroxylation is 1. The van der Waals surface area contributed by atoms with Gasteiger partial charge in [-0.15, -0.1) is 0 Å². The summed E-state index contributed by atoms with van der Waals surface area (Å²) in [4.78, 5) is 33.8. The van der Waals surface area contributed by atoms with E-state index in [4.69, 9.17) is 0 Å². The van der Waals surface area contributed by atoms with E-state index in [-0.39, 0.29) is 16.9 Å². The number of alkyl halides is 3. The lowest BCUT2D eigenvalue weighted by atomic mass is 10.1. The lowest BCUT2D eigenvalue weighted by molar-refractivity contribution is -0.137. The fourth-order valence-corrected chi connectivity index (χ4v) is 3.97. The molecule has 7 nitrogen and oxygen atoms in total. The summed E-state index contributed by atoms with van der Waals surface area (Å²) in [5.41, 5.74) is 0.0698. The van der Waals surface area contributed by atoms with E-state index in [1.807, 2.05) is 23.1 Å². The topological polar surface area (TPSA) is 71.3 Å². The zero-order valence-corrected chi connectivity index (χ0v) is 18.1. The van der Waals surface area contributed by atoms with Crippen LogP contribution < -0.4 is 4.90 Å². The predicted molar refractivity (Wildman–Crippen MR) is 115 cm³/mol. The fourth-order valence-electron chi connectivity index (χ4n) is 3.97. The van der Waals surface area contributed by atoms with Crippen molar-refractivity contribution in [3.8, 4) is 5.69 Å². The molecule has 1 fully saturated rings. The Balaban J connectivity index is 1.53. The molecule has 4 rings (SSSR count). The van der Waals surface area contributed by atoms with Crippen molar-refractivity contribution in [1.82, 2.24) is 19.7 Å². The number of ketones is 1. The standard InChI is InChI=1S/C23H22F3N5O2/c1-15-20(16(2)31(28-15)18-7-5-6-17(14-18)23(24,25)26)21(32)22(33)30-12-10-29(11-13-30)19-8-3-4-9-27-19/h3-9,14H,10-13H2,1-2H3. The Hall–Kier alpha value is -3.69. The summed E-state index contributed by atoms with van der Waals surface area (Å²) in [5, 5.41) is 4.25. The van der Waals surface area contributed by atoms with Crippen molar-refractivity contribution in [3.05, 3.63) is 71.2 Å². The Morgan fingerprint density at radius 3 is 2.33 bits per heavy atom. The molecule has 0 spiro atoms. The van der Waals surface area contributed by atoms with Crippen LogP contribution in [0.15, 0.2) is 48.7 Å². The normalized spacial score (nSPS) is 14.5. The molecule has 1 amide bonds. The molecule has 1 aromatic carbocycles. The second-order valence-electron chi connectivity index (χ2n) is 7.80. The quantitative estimate of drug-likeness (QED) is 0.444. The molecule has 0 radical (unpaired) electrons. The third kappa shape index (κ3) is 4.46. The number of nitrogens with zero attached hydrogens (tertiary/aromatic N) is 5. The van der Waals surface area contributed by atoms with Gasteiger partial charge in [0.15, 0.2) is 0 Å². The Morgan fingerprint density at radius 2 is 1.70 bits per heavy atom. The van der Waals surface area contributed by atoms with Gasteiger partial charge in [0.1, 0.15) is 5.82 Å². The molecule has 0 aliphatic carbocycles. The molecule has 3 heterocycles. The zero-order valence-electron chi connectivity index (χ0n) is 18.1. The lowest BCUT2D eigenvalue weighted by Gasteiger charge is -2.35. The van der Waals surface area contributed by atoms with Crippen LogP contribution in [0.4, 0.5) is 19.0 Å². The number of Topliss-reactive ketones (excluding diaryl/α,β-unsaturated/α-hetero) is 1. The molecule has 172 valence electrons. The van der Waals surface area contributed by atoms with E-state index >= 15 is 0 Å². The number of halogens is 3. The highest BCUT2D eigenvalue weighted by Gasteiger charge is 2.33. The number of carbonyl (C=O) groups excluding carboxylic acids is 2. The molecule has 10 heteroatoms. The summed E-state index contributed by atoms with van der Waals surface area (Å²) in [6, 6.07) is 10.3. The van der Waals surface area contributed by atoms with Gasteiger partial charge in [-0.2, -0.15) is 18.3 Å². The zero-order chi connectivity index (χ0) is 23.8. The number of hydrogen-bond acceptors (Lipinski definition) is 5. The van der Waals surface area contributed by atoms with Crippen LogP contribution in [-0.4, -0.2) is 57.5 Å². The maximum Gasteiger partial charge on any atom is 0.416 e. The number of aromatic nitrogens is 3. The Morgan fingerprint density at radius 1 is 0.970 bits per heavy atom. The van der Waals surface area contributed by atoms with Crippen molar-refractivity contribution >= 4 is 17.5 Å². The second kappa shape index (κ2) is 8.68. The Labute approximate surface area is 188 Å². The Kier molecular flexibility index (Phi) is 5.92. The van der Waals surface area contributed by atoms with Crippen molar-refractivity contribution in [3.63, 3.8) is 0 Å². The highest BCUT2D eigenvalue weighted by Crippen LogP contribution is 2.31. The van der Waals surface area contributed by atoms with E-state index in [1.54, 1.807) is 20.0 Å². The van der Waals surface area contributed by atoms with Crippen LogP contribution in [0.2, 0.25) is 0 Å². The molecule has 0 saturated carbocycles. The number of anilines is 1. The van der Waals surface area contributed by atoms with E-state index in [0.717, 1.165) is 18.0 Å². The molecule has 1 aliphatic heterocycles. The number of hydrogen-bond donors (Lipinski definition) is 0. The first-order chi connectivity index (χ1) is 15.7. The number of benzene rings is 1. The van der Waals surface area contributed by atoms with E-state index in [9.17, 15) is 22.8 Å². The number of pyridine rings is 1. The van der Waals surface area contributed by atoms with Crippen LogP contribution in [0.1, 0.15) is 27.3 Å². The number of carbonyl (C=O) groups is 2. The van der Waals surface area contributed by atoms with Gasteiger partial charge < -0.3 is 9.80 Å². The maximum atomic E-state index is 13.1. The molecule has 0 unspecified atom stereocenters. The molecule has 2 aromatic heterocycles. The average Bonchev–Trinajstić information content (AvgIpc) is 3.12. The minimum atomic E-state index is -4.50. The van der Waals surface area contributed by atoms with Crippen LogP contribution in [0.3, 0.4) is 0 Å². The molecular weight excluding hydrogens is 435 g/mol. The minimum Gasteiger partial charge on any atom is -0.353 e. The average molecular weight is 457 g/mol. The third-order valence-electron chi connectivity index (χ3n) is 5.67. The maximum absolute atomic E-state index is 13.1. The lowest BCUT2D eigenvalue weighted by Crippen LogP contribution is -2.51. The third-order valence-corrected chi connectivity index (χ3v) is 5.67. The molecule has 33 heavy (non-hydrogen) atoms. The van der Waals surface area contributed by atoms with Gasteiger partial charge >= 0.3 is 6.18 Å². The molecule has 0 bridgehead atoms. The van der Waals surface area contributed by atoms with Gasteiger partial charge in [-0.25, -0.2) is 9.67 Å². The number of rotatable bonds is 4. The van der Waals surface area contributed by atoms with Crippen molar-refractivity contribution in [2.45, 2.75) is 20.0 Å². The summed E-state index contributed by atoms with van der Waals surface area (Å²) in [6.45, 7) is 4.94. The summed E-state index contributed by atoms with van der Waals surface area (Å²) in [7, 11) is 0. The van der Waals surface area contributed by atoms with Gasteiger partial charge in [-0.3, -0.25) is 9.59 Å². The summed E-state index contributed by atoms with van der Waals surface area (Å²) >= 11 is 0.